The number of para-hydroxylation sites is 1. The minimum atomic E-state index is -0.268. The molecule has 0 aliphatic heterocycles. The van der Waals surface area contributed by atoms with Gasteiger partial charge in [-0.1, -0.05) is 29.8 Å². The van der Waals surface area contributed by atoms with E-state index in [9.17, 15) is 14.4 Å². The van der Waals surface area contributed by atoms with E-state index in [2.05, 4.69) is 10.6 Å². The predicted molar refractivity (Wildman–Crippen MR) is 95.7 cm³/mol. The second-order valence-electron chi connectivity index (χ2n) is 5.08. The summed E-state index contributed by atoms with van der Waals surface area (Å²) in [6.45, 7) is 0. The molecule has 0 spiro atoms. The second-order valence-corrected chi connectivity index (χ2v) is 6.80. The van der Waals surface area contributed by atoms with Crippen molar-refractivity contribution >= 4 is 46.2 Å². The van der Waals surface area contributed by atoms with Gasteiger partial charge in [0.05, 0.1) is 15.6 Å². The summed E-state index contributed by atoms with van der Waals surface area (Å²) in [5.74, 6) is -0.516. The Morgan fingerprint density at radius 3 is 2.46 bits per heavy atom. The van der Waals surface area contributed by atoms with Gasteiger partial charge in [0.15, 0.2) is 5.78 Å². The summed E-state index contributed by atoms with van der Waals surface area (Å²) in [6, 6.07) is 10.4. The van der Waals surface area contributed by atoms with Crippen LogP contribution in [0.3, 0.4) is 0 Å². The molecule has 126 valence electrons. The highest BCUT2D eigenvalue weighted by Crippen LogP contribution is 2.23. The van der Waals surface area contributed by atoms with Crippen molar-refractivity contribution in [3.63, 3.8) is 0 Å². The Kier molecular flexibility index (Phi) is 6.52. The van der Waals surface area contributed by atoms with E-state index in [1.54, 1.807) is 43.4 Å². The van der Waals surface area contributed by atoms with Crippen molar-refractivity contribution in [2.75, 3.05) is 12.4 Å². The molecule has 0 saturated heterocycles. The monoisotopic (exact) mass is 364 g/mol. The van der Waals surface area contributed by atoms with Crippen LogP contribution in [0.2, 0.25) is 4.34 Å². The number of Topliss-reactive ketones (excluding diaryl/α,β-unsaturated/α-hetero) is 1. The number of hydrogen-bond donors (Lipinski definition) is 2. The summed E-state index contributed by atoms with van der Waals surface area (Å²) >= 11 is 7.00. The molecule has 0 unspecified atom stereocenters. The van der Waals surface area contributed by atoms with Crippen molar-refractivity contribution in [3.8, 4) is 0 Å². The van der Waals surface area contributed by atoms with E-state index in [4.69, 9.17) is 11.6 Å². The third-order valence-corrected chi connectivity index (χ3v) is 4.62. The highest BCUT2D eigenvalue weighted by molar-refractivity contribution is 7.18. The van der Waals surface area contributed by atoms with E-state index < -0.39 is 0 Å². The summed E-state index contributed by atoms with van der Waals surface area (Å²) in [7, 11) is 1.56. The molecule has 1 heterocycles. The molecule has 2 N–H and O–H groups in total. The molecule has 0 fully saturated rings. The van der Waals surface area contributed by atoms with Gasteiger partial charge in [-0.2, -0.15) is 0 Å². The lowest BCUT2D eigenvalue weighted by Gasteiger charge is -2.10. The Hall–Kier alpha value is -2.18. The van der Waals surface area contributed by atoms with Gasteiger partial charge < -0.3 is 10.6 Å². The number of likely N-dealkylation sites (N-methyl/N-ethyl adjacent to an activating group) is 1. The quantitative estimate of drug-likeness (QED) is 0.740. The Balaban J connectivity index is 1.93. The van der Waals surface area contributed by atoms with Gasteiger partial charge >= 0.3 is 0 Å². The molecule has 2 amide bonds. The minimum Gasteiger partial charge on any atom is -0.359 e. The first kappa shape index (κ1) is 18.2. The van der Waals surface area contributed by atoms with Gasteiger partial charge in [0, 0.05) is 25.6 Å². The van der Waals surface area contributed by atoms with Gasteiger partial charge in [-0.25, -0.2) is 0 Å². The lowest BCUT2D eigenvalue weighted by atomic mass is 10.1. The van der Waals surface area contributed by atoms with Gasteiger partial charge in [-0.05, 0) is 23.8 Å². The zero-order valence-corrected chi connectivity index (χ0v) is 14.7. The molecule has 24 heavy (non-hydrogen) atoms. The summed E-state index contributed by atoms with van der Waals surface area (Å²) in [5, 5.41) is 5.31. The van der Waals surface area contributed by atoms with Crippen molar-refractivity contribution in [2.24, 2.45) is 0 Å². The molecule has 0 bridgehead atoms. The number of amides is 2. The molecule has 0 saturated carbocycles. The van der Waals surface area contributed by atoms with Gasteiger partial charge in [0.25, 0.3) is 0 Å². The molecule has 0 aliphatic carbocycles. The zero-order chi connectivity index (χ0) is 17.5. The van der Waals surface area contributed by atoms with Crippen molar-refractivity contribution in [3.05, 3.63) is 51.2 Å². The normalized spacial score (nSPS) is 10.2. The number of carbonyl (C=O) groups is 3. The standard InChI is InChI=1S/C17H17ClN2O3S/c1-19-17(23)10-11-4-2-3-5-12(11)20-16(22)9-6-13(21)14-7-8-15(18)24-14/h2-5,7-8H,6,9-10H2,1H3,(H,19,23)(H,20,22). The van der Waals surface area contributed by atoms with E-state index in [-0.39, 0.29) is 36.9 Å². The Morgan fingerprint density at radius 1 is 1.04 bits per heavy atom. The van der Waals surface area contributed by atoms with E-state index >= 15 is 0 Å². The first-order valence-electron chi connectivity index (χ1n) is 7.36. The minimum absolute atomic E-state index is 0.0721. The first-order chi connectivity index (χ1) is 11.5. The molecule has 7 heteroatoms. The fraction of sp³-hybridized carbons (Fsp3) is 0.235. The summed E-state index contributed by atoms with van der Waals surface area (Å²) < 4.78 is 0.547. The van der Waals surface area contributed by atoms with E-state index in [0.29, 0.717) is 14.9 Å². The van der Waals surface area contributed by atoms with Crippen LogP contribution in [0.15, 0.2) is 36.4 Å². The molecule has 2 rings (SSSR count). The Bertz CT molecular complexity index is 758. The maximum absolute atomic E-state index is 12.1. The highest BCUT2D eigenvalue weighted by atomic mass is 35.5. The SMILES string of the molecule is CNC(=O)Cc1ccccc1NC(=O)CCC(=O)c1ccc(Cl)s1. The van der Waals surface area contributed by atoms with Crippen LogP contribution >= 0.6 is 22.9 Å². The number of rotatable bonds is 7. The average Bonchev–Trinajstić information content (AvgIpc) is 3.01. The third-order valence-electron chi connectivity index (χ3n) is 3.35. The molecular weight excluding hydrogens is 348 g/mol. The zero-order valence-electron chi connectivity index (χ0n) is 13.1. The second kappa shape index (κ2) is 8.61. The number of anilines is 1. The van der Waals surface area contributed by atoms with Crippen molar-refractivity contribution in [1.82, 2.24) is 5.32 Å². The molecule has 0 atom stereocenters. The van der Waals surface area contributed by atoms with Crippen LogP contribution in [-0.2, 0) is 16.0 Å². The van der Waals surface area contributed by atoms with Crippen molar-refractivity contribution in [1.29, 1.82) is 0 Å². The molecule has 0 aliphatic rings. The fourth-order valence-electron chi connectivity index (χ4n) is 2.08. The van der Waals surface area contributed by atoms with E-state index in [1.165, 1.54) is 11.3 Å². The predicted octanol–water partition coefficient (Wildman–Crippen LogP) is 3.29. The van der Waals surface area contributed by atoms with Crippen molar-refractivity contribution in [2.45, 2.75) is 19.3 Å². The number of thiophene rings is 1. The van der Waals surface area contributed by atoms with Crippen LogP contribution in [0.25, 0.3) is 0 Å². The molecule has 5 nitrogen and oxygen atoms in total. The van der Waals surface area contributed by atoms with Crippen LogP contribution in [-0.4, -0.2) is 24.6 Å². The van der Waals surface area contributed by atoms with Gasteiger partial charge in [-0.15, -0.1) is 11.3 Å². The van der Waals surface area contributed by atoms with Crippen LogP contribution in [0.1, 0.15) is 28.1 Å². The largest absolute Gasteiger partial charge is 0.359 e. The van der Waals surface area contributed by atoms with Crippen LogP contribution < -0.4 is 10.6 Å². The van der Waals surface area contributed by atoms with Crippen LogP contribution in [0.5, 0.6) is 0 Å². The lowest BCUT2D eigenvalue weighted by molar-refractivity contribution is -0.120. The van der Waals surface area contributed by atoms with Crippen molar-refractivity contribution < 1.29 is 14.4 Å². The molecule has 2 aromatic rings. The number of hydrogen-bond acceptors (Lipinski definition) is 4. The first-order valence-corrected chi connectivity index (χ1v) is 8.56. The van der Waals surface area contributed by atoms with Gasteiger partial charge in [-0.3, -0.25) is 14.4 Å². The lowest BCUT2D eigenvalue weighted by Crippen LogP contribution is -2.21. The maximum atomic E-state index is 12.1. The number of benzene rings is 1. The summed E-state index contributed by atoms with van der Waals surface area (Å²) in [5.41, 5.74) is 1.30. The summed E-state index contributed by atoms with van der Waals surface area (Å²) in [4.78, 5) is 36.1. The smallest absolute Gasteiger partial charge is 0.224 e. The number of halogens is 1. The maximum Gasteiger partial charge on any atom is 0.224 e. The third kappa shape index (κ3) is 5.18. The number of carbonyl (C=O) groups excluding carboxylic acids is 3. The topological polar surface area (TPSA) is 75.3 Å². The van der Waals surface area contributed by atoms with Gasteiger partial charge in [0.2, 0.25) is 11.8 Å². The molecule has 0 radical (unpaired) electrons. The molecule has 1 aromatic heterocycles. The Labute approximate surface area is 149 Å². The molecular formula is C17H17ClN2O3S. The fourth-order valence-corrected chi connectivity index (χ4v) is 3.10. The Morgan fingerprint density at radius 2 is 1.79 bits per heavy atom. The van der Waals surface area contributed by atoms with E-state index in [1.807, 2.05) is 0 Å². The number of ketones is 1. The van der Waals surface area contributed by atoms with Crippen LogP contribution in [0, 0.1) is 0 Å². The average molecular weight is 365 g/mol. The molecule has 1 aromatic carbocycles. The summed E-state index contributed by atoms with van der Waals surface area (Å²) in [6.07, 6.45) is 0.364. The van der Waals surface area contributed by atoms with Crippen LogP contribution in [0.4, 0.5) is 5.69 Å². The number of nitrogens with one attached hydrogen (secondary N) is 2. The highest BCUT2D eigenvalue weighted by Gasteiger charge is 2.13. The van der Waals surface area contributed by atoms with Gasteiger partial charge in [0.1, 0.15) is 0 Å². The van der Waals surface area contributed by atoms with E-state index in [0.717, 1.165) is 5.56 Å².